The van der Waals surface area contributed by atoms with Crippen molar-refractivity contribution in [2.75, 3.05) is 19.1 Å². The first-order chi connectivity index (χ1) is 13.4. The number of carboxylic acids is 1. The Hall–Kier alpha value is -2.78. The van der Waals surface area contributed by atoms with Crippen LogP contribution in [0.5, 0.6) is 11.5 Å². The predicted octanol–water partition coefficient (Wildman–Crippen LogP) is 4.41. The third-order valence-electron chi connectivity index (χ3n) is 3.97. The van der Waals surface area contributed by atoms with Crippen LogP contribution < -0.4 is 14.4 Å². The highest BCUT2D eigenvalue weighted by Gasteiger charge is 2.37. The van der Waals surface area contributed by atoms with Crippen molar-refractivity contribution in [3.8, 4) is 11.5 Å². The molecule has 1 aliphatic rings. The van der Waals surface area contributed by atoms with E-state index in [9.17, 15) is 19.5 Å². The van der Waals surface area contributed by atoms with Crippen molar-refractivity contribution in [1.82, 2.24) is 0 Å². The van der Waals surface area contributed by atoms with Crippen molar-refractivity contribution < 1.29 is 29.0 Å². The number of halogens is 1. The highest BCUT2D eigenvalue weighted by molar-refractivity contribution is 9.10. The van der Waals surface area contributed by atoms with E-state index in [0.29, 0.717) is 10.2 Å². The molecule has 1 fully saturated rings. The molecule has 2 amide bonds. The number of hydrogen-bond acceptors (Lipinski definition) is 6. The molecule has 0 spiro atoms. The van der Waals surface area contributed by atoms with Crippen LogP contribution in [0, 0.1) is 0 Å². The van der Waals surface area contributed by atoms with Gasteiger partial charge in [0.05, 0.1) is 24.8 Å². The first kappa shape index (κ1) is 20.0. The van der Waals surface area contributed by atoms with E-state index in [4.69, 9.17) is 9.47 Å². The van der Waals surface area contributed by atoms with Crippen molar-refractivity contribution in [2.24, 2.45) is 0 Å². The van der Waals surface area contributed by atoms with Gasteiger partial charge in [0, 0.05) is 4.47 Å². The van der Waals surface area contributed by atoms with Gasteiger partial charge in [0.15, 0.2) is 11.5 Å². The lowest BCUT2D eigenvalue weighted by Gasteiger charge is -2.14. The number of benzene rings is 2. The fraction of sp³-hybridized carbons (Fsp3) is 0.105. The molecule has 9 heteroatoms. The lowest BCUT2D eigenvalue weighted by atomic mass is 10.0. The summed E-state index contributed by atoms with van der Waals surface area (Å²) in [6, 6.07) is 9.88. The maximum Gasteiger partial charge on any atom is 0.340 e. The molecule has 2 aromatic rings. The summed E-state index contributed by atoms with van der Waals surface area (Å²) in [7, 11) is 2.72. The van der Waals surface area contributed by atoms with E-state index < -0.39 is 17.1 Å². The molecule has 0 saturated carbocycles. The molecule has 0 bridgehead atoms. The van der Waals surface area contributed by atoms with Gasteiger partial charge in [-0.2, -0.15) is 0 Å². The molecule has 0 aromatic heterocycles. The van der Waals surface area contributed by atoms with Crippen molar-refractivity contribution in [1.29, 1.82) is 0 Å². The van der Waals surface area contributed by atoms with Crippen molar-refractivity contribution in [2.45, 2.75) is 0 Å². The van der Waals surface area contributed by atoms with E-state index in [1.807, 2.05) is 0 Å². The standard InChI is InChI=1S/C19H14BrNO6S/c1-26-13-8-7-10(15(18(23)24)16(13)27-2)9-14-17(22)21(19(25)28-14)12-6-4-3-5-11(12)20/h3-9H,1-2H3,(H,23,24)/b14-9+. The first-order valence-corrected chi connectivity index (χ1v) is 9.50. The van der Waals surface area contributed by atoms with Crippen molar-refractivity contribution in [3.05, 3.63) is 56.9 Å². The van der Waals surface area contributed by atoms with E-state index in [1.54, 1.807) is 24.3 Å². The number of imide groups is 1. The predicted molar refractivity (Wildman–Crippen MR) is 109 cm³/mol. The molecular weight excluding hydrogens is 450 g/mol. The molecule has 1 N–H and O–H groups in total. The molecule has 1 saturated heterocycles. The van der Waals surface area contributed by atoms with Gasteiger partial charge in [0.2, 0.25) is 0 Å². The molecule has 0 aliphatic carbocycles. The Balaban J connectivity index is 2.08. The van der Waals surface area contributed by atoms with E-state index >= 15 is 0 Å². The fourth-order valence-corrected chi connectivity index (χ4v) is 4.02. The highest BCUT2D eigenvalue weighted by Crippen LogP contribution is 2.40. The van der Waals surface area contributed by atoms with Crippen molar-refractivity contribution >= 4 is 56.6 Å². The largest absolute Gasteiger partial charge is 0.493 e. The quantitative estimate of drug-likeness (QED) is 0.656. The van der Waals surface area contributed by atoms with Crippen LogP contribution in [0.2, 0.25) is 0 Å². The molecule has 0 atom stereocenters. The number of anilines is 1. The Kier molecular flexibility index (Phi) is 5.76. The van der Waals surface area contributed by atoms with Gasteiger partial charge in [-0.15, -0.1) is 0 Å². The number of carbonyl (C=O) groups excluding carboxylic acids is 2. The zero-order chi connectivity index (χ0) is 20.4. The number of aromatic carboxylic acids is 1. The van der Waals surface area contributed by atoms with E-state index in [2.05, 4.69) is 15.9 Å². The SMILES string of the molecule is COc1ccc(/C=C2/SC(=O)N(c3ccccc3Br)C2=O)c(C(=O)O)c1OC. The van der Waals surface area contributed by atoms with Crippen molar-refractivity contribution in [3.63, 3.8) is 0 Å². The van der Waals surface area contributed by atoms with Gasteiger partial charge in [-0.25, -0.2) is 9.69 Å². The van der Waals surface area contributed by atoms with Gasteiger partial charge < -0.3 is 14.6 Å². The molecule has 1 heterocycles. The van der Waals surface area contributed by atoms with E-state index in [0.717, 1.165) is 16.7 Å². The molecule has 7 nitrogen and oxygen atoms in total. The summed E-state index contributed by atoms with van der Waals surface area (Å²) in [5.41, 5.74) is 0.483. The zero-order valence-electron chi connectivity index (χ0n) is 14.8. The van der Waals surface area contributed by atoms with Crippen LogP contribution >= 0.6 is 27.7 Å². The third-order valence-corrected chi connectivity index (χ3v) is 5.51. The molecule has 0 unspecified atom stereocenters. The lowest BCUT2D eigenvalue weighted by molar-refractivity contribution is -0.113. The number of amides is 2. The summed E-state index contributed by atoms with van der Waals surface area (Å²) in [4.78, 5) is 38.2. The van der Waals surface area contributed by atoms with Gasteiger partial charge in [0.1, 0.15) is 5.56 Å². The molecule has 144 valence electrons. The maximum atomic E-state index is 12.8. The molecule has 3 rings (SSSR count). The Morgan fingerprint density at radius 2 is 1.86 bits per heavy atom. The number of rotatable bonds is 5. The van der Waals surface area contributed by atoms with Gasteiger partial charge in [0.25, 0.3) is 11.1 Å². The summed E-state index contributed by atoms with van der Waals surface area (Å²) < 4.78 is 10.9. The third kappa shape index (κ3) is 3.50. The summed E-state index contributed by atoms with van der Waals surface area (Å²) in [5.74, 6) is -1.49. The lowest BCUT2D eigenvalue weighted by Crippen LogP contribution is -2.27. The molecule has 1 aliphatic heterocycles. The normalized spacial score (nSPS) is 15.2. The average molecular weight is 464 g/mol. The number of para-hydroxylation sites is 1. The fourth-order valence-electron chi connectivity index (χ4n) is 2.73. The molecule has 0 radical (unpaired) electrons. The number of carboxylic acid groups (broad SMARTS) is 1. The van der Waals surface area contributed by atoms with Crippen LogP contribution in [0.15, 0.2) is 45.8 Å². The second-order valence-corrected chi connectivity index (χ2v) is 7.39. The summed E-state index contributed by atoms with van der Waals surface area (Å²) in [6.45, 7) is 0. The molecular formula is C19H14BrNO6S. The topological polar surface area (TPSA) is 93.1 Å². The van der Waals surface area contributed by atoms with Crippen LogP contribution in [0.25, 0.3) is 6.08 Å². The number of methoxy groups -OCH3 is 2. The summed E-state index contributed by atoms with van der Waals surface area (Å²) >= 11 is 4.07. The molecule has 28 heavy (non-hydrogen) atoms. The minimum Gasteiger partial charge on any atom is -0.493 e. The van der Waals surface area contributed by atoms with Crippen LogP contribution in [0.1, 0.15) is 15.9 Å². The summed E-state index contributed by atoms with van der Waals surface area (Å²) in [5, 5.41) is 9.14. The number of nitrogens with zero attached hydrogens (tertiary/aromatic N) is 1. The van der Waals surface area contributed by atoms with Gasteiger partial charge >= 0.3 is 5.97 Å². The summed E-state index contributed by atoms with van der Waals surface area (Å²) in [6.07, 6.45) is 1.37. The number of ether oxygens (including phenoxy) is 2. The number of thioether (sulfide) groups is 1. The second kappa shape index (κ2) is 8.07. The Morgan fingerprint density at radius 3 is 2.46 bits per heavy atom. The molecule has 2 aromatic carbocycles. The van der Waals surface area contributed by atoms with Crippen LogP contribution in [-0.2, 0) is 4.79 Å². The van der Waals surface area contributed by atoms with Crippen LogP contribution in [0.3, 0.4) is 0 Å². The van der Waals surface area contributed by atoms with Crippen LogP contribution in [0.4, 0.5) is 10.5 Å². The zero-order valence-corrected chi connectivity index (χ0v) is 17.2. The van der Waals surface area contributed by atoms with Gasteiger partial charge in [-0.1, -0.05) is 18.2 Å². The first-order valence-electron chi connectivity index (χ1n) is 7.89. The Bertz CT molecular complexity index is 1020. The number of hydrogen-bond donors (Lipinski definition) is 1. The highest BCUT2D eigenvalue weighted by atomic mass is 79.9. The van der Waals surface area contributed by atoms with E-state index in [1.165, 1.54) is 32.4 Å². The average Bonchev–Trinajstić information content (AvgIpc) is 2.94. The second-order valence-electron chi connectivity index (χ2n) is 5.54. The number of carbonyl (C=O) groups is 3. The van der Waals surface area contributed by atoms with Crippen LogP contribution in [-0.4, -0.2) is 36.4 Å². The Labute approximate surface area is 173 Å². The monoisotopic (exact) mass is 463 g/mol. The minimum atomic E-state index is -1.24. The van der Waals surface area contributed by atoms with Gasteiger partial charge in [-0.3, -0.25) is 9.59 Å². The maximum absolute atomic E-state index is 12.8. The Morgan fingerprint density at radius 1 is 1.14 bits per heavy atom. The van der Waals surface area contributed by atoms with Gasteiger partial charge in [-0.05, 0) is 57.5 Å². The smallest absolute Gasteiger partial charge is 0.340 e. The minimum absolute atomic E-state index is 0.0359. The van der Waals surface area contributed by atoms with E-state index in [-0.39, 0.29) is 27.5 Å².